The van der Waals surface area contributed by atoms with Gasteiger partial charge in [-0.3, -0.25) is 4.79 Å². The monoisotopic (exact) mass is 255 g/mol. The lowest BCUT2D eigenvalue weighted by Gasteiger charge is -2.20. The van der Waals surface area contributed by atoms with E-state index in [2.05, 4.69) is 5.32 Å². The number of rotatable bonds is 7. The van der Waals surface area contributed by atoms with Crippen molar-refractivity contribution in [2.45, 2.75) is 25.8 Å². The fourth-order valence-electron chi connectivity index (χ4n) is 1.27. The molecule has 5 heteroatoms. The number of aliphatic carboxylic acids is 1. The van der Waals surface area contributed by atoms with Gasteiger partial charge in [0.25, 0.3) is 0 Å². The molecule has 1 aromatic rings. The van der Waals surface area contributed by atoms with Crippen LogP contribution in [0.4, 0.5) is 4.39 Å². The molecule has 100 valence electrons. The molecule has 0 saturated heterocycles. The molecule has 0 aromatic heterocycles. The van der Waals surface area contributed by atoms with E-state index >= 15 is 0 Å². The number of hydrogen-bond acceptors (Lipinski definition) is 3. The number of benzene rings is 1. The number of ether oxygens (including phenoxy) is 1. The Kier molecular flexibility index (Phi) is 5.09. The highest BCUT2D eigenvalue weighted by Crippen LogP contribution is 2.11. The topological polar surface area (TPSA) is 58.6 Å². The zero-order chi connectivity index (χ0) is 13.6. The summed E-state index contributed by atoms with van der Waals surface area (Å²) in [4.78, 5) is 10.8. The zero-order valence-corrected chi connectivity index (χ0v) is 10.6. The molecule has 0 radical (unpaired) electrons. The number of halogens is 1. The Morgan fingerprint density at radius 3 is 2.56 bits per heavy atom. The Balaban J connectivity index is 2.20. The van der Waals surface area contributed by atoms with Gasteiger partial charge in [-0.1, -0.05) is 0 Å². The van der Waals surface area contributed by atoms with Crippen LogP contribution >= 0.6 is 0 Å². The third-order valence-electron chi connectivity index (χ3n) is 2.51. The van der Waals surface area contributed by atoms with Crippen molar-refractivity contribution in [1.82, 2.24) is 5.32 Å². The standard InChI is InChI=1S/C13H18FNO3/c1-13(2,12(16)17)15-8-3-9-18-11-6-4-10(14)5-7-11/h4-7,15H,3,8-9H2,1-2H3,(H,16,17). The Bertz CT molecular complexity index is 390. The SMILES string of the molecule is CC(C)(NCCCOc1ccc(F)cc1)C(=O)O. The van der Waals surface area contributed by atoms with E-state index in [0.29, 0.717) is 25.3 Å². The quantitative estimate of drug-likeness (QED) is 0.732. The molecule has 0 saturated carbocycles. The summed E-state index contributed by atoms with van der Waals surface area (Å²) in [6, 6.07) is 5.79. The maximum absolute atomic E-state index is 12.6. The van der Waals surface area contributed by atoms with Gasteiger partial charge in [0.1, 0.15) is 17.1 Å². The van der Waals surface area contributed by atoms with Gasteiger partial charge in [0.05, 0.1) is 6.61 Å². The van der Waals surface area contributed by atoms with Crippen LogP contribution in [0.2, 0.25) is 0 Å². The van der Waals surface area contributed by atoms with Crippen LogP contribution in [-0.2, 0) is 4.79 Å². The molecule has 0 aliphatic carbocycles. The van der Waals surface area contributed by atoms with Gasteiger partial charge in [-0.2, -0.15) is 0 Å². The lowest BCUT2D eigenvalue weighted by atomic mass is 10.1. The Morgan fingerprint density at radius 2 is 2.00 bits per heavy atom. The predicted molar refractivity (Wildman–Crippen MR) is 66.2 cm³/mol. The molecule has 0 aliphatic heterocycles. The molecule has 1 aromatic carbocycles. The third-order valence-corrected chi connectivity index (χ3v) is 2.51. The second-order valence-corrected chi connectivity index (χ2v) is 4.51. The van der Waals surface area contributed by atoms with Gasteiger partial charge < -0.3 is 15.2 Å². The van der Waals surface area contributed by atoms with E-state index in [0.717, 1.165) is 0 Å². The number of hydrogen-bond donors (Lipinski definition) is 2. The van der Waals surface area contributed by atoms with Gasteiger partial charge >= 0.3 is 5.97 Å². The minimum absolute atomic E-state index is 0.299. The van der Waals surface area contributed by atoms with E-state index in [9.17, 15) is 9.18 Å². The van der Waals surface area contributed by atoms with E-state index in [1.54, 1.807) is 26.0 Å². The number of carboxylic acids is 1. The second kappa shape index (κ2) is 6.35. The molecule has 2 N–H and O–H groups in total. The van der Waals surface area contributed by atoms with E-state index in [-0.39, 0.29) is 5.82 Å². The van der Waals surface area contributed by atoms with Crippen LogP contribution in [0, 0.1) is 5.82 Å². The lowest BCUT2D eigenvalue weighted by molar-refractivity contribution is -0.143. The molecule has 0 aliphatic rings. The maximum atomic E-state index is 12.6. The van der Waals surface area contributed by atoms with Crippen molar-refractivity contribution in [3.05, 3.63) is 30.1 Å². The van der Waals surface area contributed by atoms with Crippen molar-refractivity contribution in [3.8, 4) is 5.75 Å². The van der Waals surface area contributed by atoms with Gasteiger partial charge in [0.2, 0.25) is 0 Å². The molecular formula is C13H18FNO3. The van der Waals surface area contributed by atoms with Gasteiger partial charge in [0.15, 0.2) is 0 Å². The van der Waals surface area contributed by atoms with Crippen molar-refractivity contribution in [2.24, 2.45) is 0 Å². The Labute approximate surface area is 106 Å². The molecule has 1 rings (SSSR count). The first kappa shape index (κ1) is 14.4. The Morgan fingerprint density at radius 1 is 1.39 bits per heavy atom. The molecule has 0 bridgehead atoms. The average molecular weight is 255 g/mol. The summed E-state index contributed by atoms with van der Waals surface area (Å²) in [6.07, 6.45) is 0.675. The molecule has 0 amide bonds. The minimum Gasteiger partial charge on any atom is -0.494 e. The highest BCUT2D eigenvalue weighted by Gasteiger charge is 2.25. The number of carbonyl (C=O) groups is 1. The summed E-state index contributed by atoms with van der Waals surface area (Å²) in [5.74, 6) is -0.580. The summed E-state index contributed by atoms with van der Waals surface area (Å²) in [5, 5.41) is 11.8. The molecule has 0 heterocycles. The van der Waals surface area contributed by atoms with Crippen LogP contribution in [0.1, 0.15) is 20.3 Å². The van der Waals surface area contributed by atoms with Crippen LogP contribution in [-0.4, -0.2) is 29.8 Å². The van der Waals surface area contributed by atoms with Gasteiger partial charge in [-0.25, -0.2) is 4.39 Å². The molecule has 18 heavy (non-hydrogen) atoms. The van der Waals surface area contributed by atoms with Gasteiger partial charge in [-0.15, -0.1) is 0 Å². The van der Waals surface area contributed by atoms with E-state index in [4.69, 9.17) is 9.84 Å². The predicted octanol–water partition coefficient (Wildman–Crippen LogP) is 2.05. The summed E-state index contributed by atoms with van der Waals surface area (Å²) < 4.78 is 18.0. The summed E-state index contributed by atoms with van der Waals surface area (Å²) in [6.45, 7) is 4.21. The van der Waals surface area contributed by atoms with Crippen LogP contribution in [0.3, 0.4) is 0 Å². The van der Waals surface area contributed by atoms with Crippen LogP contribution < -0.4 is 10.1 Å². The van der Waals surface area contributed by atoms with Crippen LogP contribution in [0.25, 0.3) is 0 Å². The second-order valence-electron chi connectivity index (χ2n) is 4.51. The van der Waals surface area contributed by atoms with Crippen molar-refractivity contribution < 1.29 is 19.0 Å². The molecule has 0 spiro atoms. The first-order chi connectivity index (χ1) is 8.42. The van der Waals surface area contributed by atoms with Crippen LogP contribution in [0.15, 0.2) is 24.3 Å². The van der Waals surface area contributed by atoms with Gasteiger partial charge in [-0.05, 0) is 51.1 Å². The average Bonchev–Trinajstić information content (AvgIpc) is 2.31. The lowest BCUT2D eigenvalue weighted by Crippen LogP contribution is -2.47. The molecule has 0 unspecified atom stereocenters. The summed E-state index contributed by atoms with van der Waals surface area (Å²) in [5.41, 5.74) is -0.935. The normalized spacial score (nSPS) is 11.3. The molecule has 0 fully saturated rings. The highest BCUT2D eigenvalue weighted by atomic mass is 19.1. The Hall–Kier alpha value is -1.62. The highest BCUT2D eigenvalue weighted by molar-refractivity contribution is 5.77. The van der Waals surface area contributed by atoms with Crippen molar-refractivity contribution in [3.63, 3.8) is 0 Å². The largest absolute Gasteiger partial charge is 0.494 e. The first-order valence-electron chi connectivity index (χ1n) is 5.78. The summed E-state index contributed by atoms with van der Waals surface area (Å²) >= 11 is 0. The molecular weight excluding hydrogens is 237 g/mol. The van der Waals surface area contributed by atoms with Crippen LogP contribution in [0.5, 0.6) is 5.75 Å². The number of nitrogens with one attached hydrogen (secondary N) is 1. The fourth-order valence-corrected chi connectivity index (χ4v) is 1.27. The maximum Gasteiger partial charge on any atom is 0.323 e. The zero-order valence-electron chi connectivity index (χ0n) is 10.6. The minimum atomic E-state index is -0.935. The van der Waals surface area contributed by atoms with E-state index in [1.807, 2.05) is 0 Å². The first-order valence-corrected chi connectivity index (χ1v) is 5.78. The van der Waals surface area contributed by atoms with E-state index in [1.165, 1.54) is 12.1 Å². The van der Waals surface area contributed by atoms with Crippen molar-refractivity contribution in [2.75, 3.05) is 13.2 Å². The van der Waals surface area contributed by atoms with E-state index < -0.39 is 11.5 Å². The summed E-state index contributed by atoms with van der Waals surface area (Å²) in [7, 11) is 0. The smallest absolute Gasteiger partial charge is 0.323 e. The molecule has 0 atom stereocenters. The molecule has 4 nitrogen and oxygen atoms in total. The van der Waals surface area contributed by atoms with Gasteiger partial charge in [0, 0.05) is 0 Å². The fraction of sp³-hybridized carbons (Fsp3) is 0.462. The van der Waals surface area contributed by atoms with Crippen molar-refractivity contribution >= 4 is 5.97 Å². The van der Waals surface area contributed by atoms with Crippen molar-refractivity contribution in [1.29, 1.82) is 0 Å². The number of carboxylic acid groups (broad SMARTS) is 1. The third kappa shape index (κ3) is 4.71.